The molecule has 3 rings (SSSR count). The van der Waals surface area contributed by atoms with E-state index in [1.54, 1.807) is 18.3 Å². The van der Waals surface area contributed by atoms with Crippen molar-refractivity contribution in [1.82, 2.24) is 20.0 Å². The molecule has 1 saturated heterocycles. The summed E-state index contributed by atoms with van der Waals surface area (Å²) in [5, 5.41) is 7.09. The van der Waals surface area contributed by atoms with Crippen LogP contribution in [0.1, 0.15) is 12.8 Å². The standard InChI is InChI=1S/C18H23FN4O2/c19-15-4-1-6-17(12-15)25-11-8-20-18(24)14-22-9-2-5-16(22)13-23-10-3-7-21-23/h1,3-4,6-7,10,12,16H,2,5,8-9,11,13-14H2,(H,20,24)/t16-/m0/s1. The van der Waals surface area contributed by atoms with Gasteiger partial charge >= 0.3 is 0 Å². The van der Waals surface area contributed by atoms with E-state index in [-0.39, 0.29) is 11.7 Å². The highest BCUT2D eigenvalue weighted by Crippen LogP contribution is 2.18. The highest BCUT2D eigenvalue weighted by molar-refractivity contribution is 5.78. The van der Waals surface area contributed by atoms with Crippen LogP contribution in [0.5, 0.6) is 5.75 Å². The van der Waals surface area contributed by atoms with Crippen LogP contribution in [0.4, 0.5) is 4.39 Å². The zero-order valence-corrected chi connectivity index (χ0v) is 14.1. The van der Waals surface area contributed by atoms with Crippen LogP contribution in [-0.4, -0.2) is 52.9 Å². The van der Waals surface area contributed by atoms with Crippen LogP contribution in [-0.2, 0) is 11.3 Å². The number of likely N-dealkylation sites (tertiary alicyclic amines) is 1. The molecule has 1 fully saturated rings. The molecule has 1 aliphatic rings. The average molecular weight is 346 g/mol. The van der Waals surface area contributed by atoms with Gasteiger partial charge in [0.25, 0.3) is 0 Å². The van der Waals surface area contributed by atoms with Crippen LogP contribution in [0.2, 0.25) is 0 Å². The molecular weight excluding hydrogens is 323 g/mol. The number of hydrogen-bond acceptors (Lipinski definition) is 4. The van der Waals surface area contributed by atoms with Crippen molar-refractivity contribution in [2.75, 3.05) is 26.2 Å². The van der Waals surface area contributed by atoms with E-state index in [9.17, 15) is 9.18 Å². The van der Waals surface area contributed by atoms with Gasteiger partial charge < -0.3 is 10.1 Å². The highest BCUT2D eigenvalue weighted by Gasteiger charge is 2.26. The van der Waals surface area contributed by atoms with Crippen LogP contribution < -0.4 is 10.1 Å². The Bertz CT molecular complexity index is 677. The fourth-order valence-electron chi connectivity index (χ4n) is 3.09. The molecule has 134 valence electrons. The summed E-state index contributed by atoms with van der Waals surface area (Å²) in [5.74, 6) is 0.113. The van der Waals surface area contributed by atoms with Gasteiger partial charge in [-0.15, -0.1) is 0 Å². The molecular formula is C18H23FN4O2. The molecule has 1 aromatic carbocycles. The maximum atomic E-state index is 13.0. The van der Waals surface area contributed by atoms with Crippen LogP contribution in [0, 0.1) is 5.82 Å². The van der Waals surface area contributed by atoms with E-state index in [1.165, 1.54) is 12.1 Å². The molecule has 0 bridgehead atoms. The van der Waals surface area contributed by atoms with E-state index in [4.69, 9.17) is 4.74 Å². The van der Waals surface area contributed by atoms with E-state index >= 15 is 0 Å². The molecule has 1 N–H and O–H groups in total. The predicted molar refractivity (Wildman–Crippen MR) is 91.7 cm³/mol. The molecule has 2 heterocycles. The lowest BCUT2D eigenvalue weighted by Crippen LogP contribution is -2.42. The Labute approximate surface area is 146 Å². The average Bonchev–Trinajstić information content (AvgIpc) is 3.25. The second kappa shape index (κ2) is 8.62. The summed E-state index contributed by atoms with van der Waals surface area (Å²) >= 11 is 0. The Balaban J connectivity index is 1.37. The number of halogens is 1. The van der Waals surface area contributed by atoms with Crippen LogP contribution >= 0.6 is 0 Å². The van der Waals surface area contributed by atoms with Crippen molar-refractivity contribution < 1.29 is 13.9 Å². The van der Waals surface area contributed by atoms with Gasteiger partial charge in [0.05, 0.1) is 19.6 Å². The second-order valence-corrected chi connectivity index (χ2v) is 6.15. The van der Waals surface area contributed by atoms with Gasteiger partial charge in [0, 0.05) is 24.5 Å². The maximum absolute atomic E-state index is 13.0. The van der Waals surface area contributed by atoms with E-state index < -0.39 is 0 Å². The summed E-state index contributed by atoms with van der Waals surface area (Å²) in [6.45, 7) is 2.83. The molecule has 7 heteroatoms. The summed E-state index contributed by atoms with van der Waals surface area (Å²) < 4.78 is 20.4. The van der Waals surface area contributed by atoms with Crippen LogP contribution in [0.3, 0.4) is 0 Å². The fourth-order valence-corrected chi connectivity index (χ4v) is 3.09. The smallest absolute Gasteiger partial charge is 0.234 e. The molecule has 1 amide bonds. The third kappa shape index (κ3) is 5.29. The van der Waals surface area contributed by atoms with E-state index in [1.807, 2.05) is 16.9 Å². The van der Waals surface area contributed by atoms with Crippen molar-refractivity contribution >= 4 is 5.91 Å². The van der Waals surface area contributed by atoms with Gasteiger partial charge in [-0.05, 0) is 37.6 Å². The molecule has 2 aromatic rings. The van der Waals surface area contributed by atoms with Crippen molar-refractivity contribution in [2.45, 2.75) is 25.4 Å². The Morgan fingerprint density at radius 3 is 3.12 bits per heavy atom. The first-order chi connectivity index (χ1) is 12.2. The number of hydrogen-bond donors (Lipinski definition) is 1. The third-order valence-electron chi connectivity index (χ3n) is 4.29. The number of carbonyl (C=O) groups is 1. The highest BCUT2D eigenvalue weighted by atomic mass is 19.1. The third-order valence-corrected chi connectivity index (χ3v) is 4.29. The normalized spacial score (nSPS) is 17.6. The topological polar surface area (TPSA) is 59.4 Å². The molecule has 0 saturated carbocycles. The van der Waals surface area contributed by atoms with E-state index in [2.05, 4.69) is 15.3 Å². The lowest BCUT2D eigenvalue weighted by atomic mass is 10.2. The SMILES string of the molecule is O=C(CN1CCC[C@H]1Cn1cccn1)NCCOc1cccc(F)c1. The summed E-state index contributed by atoms with van der Waals surface area (Å²) in [7, 11) is 0. The maximum Gasteiger partial charge on any atom is 0.234 e. The molecule has 0 aliphatic carbocycles. The molecule has 25 heavy (non-hydrogen) atoms. The van der Waals surface area contributed by atoms with Crippen LogP contribution in [0.15, 0.2) is 42.7 Å². The fraction of sp³-hybridized carbons (Fsp3) is 0.444. The first-order valence-electron chi connectivity index (χ1n) is 8.57. The Morgan fingerprint density at radius 2 is 2.32 bits per heavy atom. The minimum Gasteiger partial charge on any atom is -0.492 e. The molecule has 6 nitrogen and oxygen atoms in total. The van der Waals surface area contributed by atoms with Gasteiger partial charge in [0.1, 0.15) is 18.2 Å². The van der Waals surface area contributed by atoms with Crippen molar-refractivity contribution in [3.63, 3.8) is 0 Å². The summed E-state index contributed by atoms with van der Waals surface area (Å²) in [4.78, 5) is 14.3. The number of nitrogens with zero attached hydrogens (tertiary/aromatic N) is 3. The van der Waals surface area contributed by atoms with Crippen molar-refractivity contribution in [1.29, 1.82) is 0 Å². The number of carbonyl (C=O) groups excluding carboxylic acids is 1. The van der Waals surface area contributed by atoms with Gasteiger partial charge in [-0.1, -0.05) is 6.07 Å². The van der Waals surface area contributed by atoms with E-state index in [0.717, 1.165) is 25.9 Å². The predicted octanol–water partition coefficient (Wildman–Crippen LogP) is 1.68. The Hall–Kier alpha value is -2.41. The van der Waals surface area contributed by atoms with Crippen molar-refractivity contribution in [3.05, 3.63) is 48.5 Å². The van der Waals surface area contributed by atoms with Gasteiger partial charge in [-0.2, -0.15) is 5.10 Å². The van der Waals surface area contributed by atoms with Gasteiger partial charge in [-0.3, -0.25) is 14.4 Å². The number of benzene rings is 1. The summed E-state index contributed by atoms with van der Waals surface area (Å²) in [5.41, 5.74) is 0. The largest absolute Gasteiger partial charge is 0.492 e. The van der Waals surface area contributed by atoms with Crippen molar-refractivity contribution in [3.8, 4) is 5.75 Å². The molecule has 0 unspecified atom stereocenters. The molecule has 0 spiro atoms. The van der Waals surface area contributed by atoms with Gasteiger partial charge in [0.15, 0.2) is 0 Å². The first-order valence-corrected chi connectivity index (χ1v) is 8.57. The number of rotatable bonds is 8. The van der Waals surface area contributed by atoms with Gasteiger partial charge in [0.2, 0.25) is 5.91 Å². The number of amides is 1. The molecule has 1 atom stereocenters. The molecule has 1 aliphatic heterocycles. The minimum absolute atomic E-state index is 0.0183. The number of aromatic nitrogens is 2. The van der Waals surface area contributed by atoms with Crippen LogP contribution in [0.25, 0.3) is 0 Å². The monoisotopic (exact) mass is 346 g/mol. The molecule has 0 radical (unpaired) electrons. The first kappa shape index (κ1) is 17.4. The summed E-state index contributed by atoms with van der Waals surface area (Å²) in [6, 6.07) is 8.22. The summed E-state index contributed by atoms with van der Waals surface area (Å²) in [6.07, 6.45) is 5.89. The molecule has 1 aromatic heterocycles. The quantitative estimate of drug-likeness (QED) is 0.739. The minimum atomic E-state index is -0.334. The van der Waals surface area contributed by atoms with Crippen molar-refractivity contribution in [2.24, 2.45) is 0 Å². The Kier molecular flexibility index (Phi) is 6.00. The second-order valence-electron chi connectivity index (χ2n) is 6.15. The number of nitrogens with one attached hydrogen (secondary N) is 1. The lowest BCUT2D eigenvalue weighted by molar-refractivity contribution is -0.122. The van der Waals surface area contributed by atoms with Gasteiger partial charge in [-0.25, -0.2) is 4.39 Å². The zero-order valence-electron chi connectivity index (χ0n) is 14.1. The zero-order chi connectivity index (χ0) is 17.5. The Morgan fingerprint density at radius 1 is 1.40 bits per heavy atom. The lowest BCUT2D eigenvalue weighted by Gasteiger charge is -2.23. The van der Waals surface area contributed by atoms with E-state index in [0.29, 0.717) is 31.5 Å². The number of ether oxygens (including phenoxy) is 1.